The molecule has 0 aromatic heterocycles. The fraction of sp³-hybridized carbons (Fsp3) is 0.345. The average molecular weight is 475 g/mol. The summed E-state index contributed by atoms with van der Waals surface area (Å²) in [5.41, 5.74) is 4.66. The molecule has 0 unspecified atom stereocenters. The molecule has 5 rings (SSSR count). The minimum Gasteiger partial charge on any atom is -0.454 e. The summed E-state index contributed by atoms with van der Waals surface area (Å²) in [4.78, 5) is 16.9. The van der Waals surface area contributed by atoms with Crippen LogP contribution in [0.4, 0.5) is 4.39 Å². The van der Waals surface area contributed by atoms with Gasteiger partial charge in [0.15, 0.2) is 11.5 Å². The Morgan fingerprint density at radius 1 is 0.971 bits per heavy atom. The smallest absolute Gasteiger partial charge is 0.231 e. The molecule has 0 saturated carbocycles. The van der Waals surface area contributed by atoms with Gasteiger partial charge in [0, 0.05) is 45.6 Å². The Morgan fingerprint density at radius 2 is 1.69 bits per heavy atom. The first-order chi connectivity index (χ1) is 16.9. The quantitative estimate of drug-likeness (QED) is 0.476. The van der Waals surface area contributed by atoms with Crippen LogP contribution in [0.1, 0.15) is 35.1 Å². The number of fused-ring (bicyclic) bond motifs is 1. The van der Waals surface area contributed by atoms with Crippen molar-refractivity contribution in [2.45, 2.75) is 32.9 Å². The van der Waals surface area contributed by atoms with E-state index < -0.39 is 0 Å². The molecule has 0 spiro atoms. The third kappa shape index (κ3) is 5.49. The van der Waals surface area contributed by atoms with Crippen molar-refractivity contribution >= 4 is 5.91 Å². The van der Waals surface area contributed by atoms with Gasteiger partial charge in [0.25, 0.3) is 0 Å². The van der Waals surface area contributed by atoms with E-state index in [0.29, 0.717) is 19.0 Å². The van der Waals surface area contributed by atoms with Crippen LogP contribution in [0.3, 0.4) is 0 Å². The summed E-state index contributed by atoms with van der Waals surface area (Å²) >= 11 is 0. The van der Waals surface area contributed by atoms with Crippen LogP contribution in [0.2, 0.25) is 0 Å². The standard InChI is InChI=1S/C29H31FN2O3/c1-20-3-8-24(9-4-20)27-18-31(14-23-7-12-28-29(13-23)35-19-34-28)16-25(27)17-32(21(2)33)15-22-5-10-26(30)11-6-22/h3-13,25,27H,14-19H2,1-2H3/t25-,27-/m0/s1. The molecule has 2 atom stereocenters. The fourth-order valence-corrected chi connectivity index (χ4v) is 5.16. The van der Waals surface area contributed by atoms with E-state index in [2.05, 4.69) is 48.2 Å². The van der Waals surface area contributed by atoms with E-state index in [0.717, 1.165) is 36.7 Å². The van der Waals surface area contributed by atoms with E-state index >= 15 is 0 Å². The van der Waals surface area contributed by atoms with Crippen molar-refractivity contribution in [1.29, 1.82) is 0 Å². The number of rotatable bonds is 7. The van der Waals surface area contributed by atoms with Gasteiger partial charge in [0.2, 0.25) is 12.7 Å². The van der Waals surface area contributed by atoms with Gasteiger partial charge in [-0.05, 0) is 53.8 Å². The van der Waals surface area contributed by atoms with E-state index in [-0.39, 0.29) is 24.4 Å². The molecule has 3 aromatic rings. The number of carbonyl (C=O) groups is 1. The van der Waals surface area contributed by atoms with Crippen LogP contribution in [-0.4, -0.2) is 42.1 Å². The van der Waals surface area contributed by atoms with Crippen LogP contribution in [0.5, 0.6) is 11.5 Å². The topological polar surface area (TPSA) is 42.0 Å². The summed E-state index contributed by atoms with van der Waals surface area (Å²) in [6.45, 7) is 7.75. The highest BCUT2D eigenvalue weighted by Crippen LogP contribution is 2.37. The van der Waals surface area contributed by atoms with Crippen molar-refractivity contribution in [3.63, 3.8) is 0 Å². The summed E-state index contributed by atoms with van der Waals surface area (Å²) in [5.74, 6) is 1.97. The van der Waals surface area contributed by atoms with E-state index in [4.69, 9.17) is 9.47 Å². The lowest BCUT2D eigenvalue weighted by Gasteiger charge is -2.28. The Morgan fingerprint density at radius 3 is 2.43 bits per heavy atom. The van der Waals surface area contributed by atoms with Gasteiger partial charge in [0.1, 0.15) is 5.82 Å². The minimum atomic E-state index is -0.266. The third-order valence-electron chi connectivity index (χ3n) is 7.05. The summed E-state index contributed by atoms with van der Waals surface area (Å²) in [5, 5.41) is 0. The Balaban J connectivity index is 1.34. The van der Waals surface area contributed by atoms with Gasteiger partial charge in [0.05, 0.1) is 0 Å². The molecule has 5 nitrogen and oxygen atoms in total. The first kappa shape index (κ1) is 23.4. The maximum Gasteiger partial charge on any atom is 0.231 e. The number of hydrogen-bond donors (Lipinski definition) is 0. The summed E-state index contributed by atoms with van der Waals surface area (Å²) in [7, 11) is 0. The molecule has 2 aliphatic rings. The molecule has 0 N–H and O–H groups in total. The maximum atomic E-state index is 13.4. The zero-order valence-corrected chi connectivity index (χ0v) is 20.2. The Bertz CT molecular complexity index is 1180. The fourth-order valence-electron chi connectivity index (χ4n) is 5.16. The zero-order chi connectivity index (χ0) is 24.4. The number of amides is 1. The van der Waals surface area contributed by atoms with Crippen molar-refractivity contribution in [3.05, 3.63) is 94.8 Å². The van der Waals surface area contributed by atoms with Crippen molar-refractivity contribution in [1.82, 2.24) is 9.80 Å². The molecule has 1 saturated heterocycles. The van der Waals surface area contributed by atoms with E-state index in [1.807, 2.05) is 11.0 Å². The third-order valence-corrected chi connectivity index (χ3v) is 7.05. The molecule has 0 aliphatic carbocycles. The van der Waals surface area contributed by atoms with Crippen LogP contribution in [0, 0.1) is 18.7 Å². The number of nitrogens with zero attached hydrogens (tertiary/aromatic N) is 2. The lowest BCUT2D eigenvalue weighted by atomic mass is 9.88. The number of aryl methyl sites for hydroxylation is 1. The Labute approximate surface area is 206 Å². The van der Waals surface area contributed by atoms with E-state index in [1.165, 1.54) is 28.8 Å². The van der Waals surface area contributed by atoms with Crippen molar-refractivity contribution in [3.8, 4) is 11.5 Å². The molecule has 1 fully saturated rings. The largest absolute Gasteiger partial charge is 0.454 e. The average Bonchev–Trinajstić information content (AvgIpc) is 3.47. The van der Waals surface area contributed by atoms with Gasteiger partial charge in [-0.3, -0.25) is 9.69 Å². The summed E-state index contributed by atoms with van der Waals surface area (Å²) in [6, 6.07) is 21.3. The Hall–Kier alpha value is -3.38. The SMILES string of the molecule is CC(=O)N(Cc1ccc(F)cc1)C[C@@H]1CN(Cc2ccc3c(c2)OCO3)C[C@H]1c1ccc(C)cc1. The summed E-state index contributed by atoms with van der Waals surface area (Å²) < 4.78 is 24.4. The molecule has 2 aliphatic heterocycles. The second kappa shape index (κ2) is 10.1. The second-order valence-electron chi connectivity index (χ2n) is 9.68. The number of ether oxygens (including phenoxy) is 2. The van der Waals surface area contributed by atoms with E-state index in [1.54, 1.807) is 19.1 Å². The monoisotopic (exact) mass is 474 g/mol. The highest BCUT2D eigenvalue weighted by atomic mass is 19.1. The van der Waals surface area contributed by atoms with E-state index in [9.17, 15) is 9.18 Å². The van der Waals surface area contributed by atoms with Crippen molar-refractivity contribution in [2.24, 2.45) is 5.92 Å². The molecule has 0 radical (unpaired) electrons. The molecule has 0 bridgehead atoms. The number of benzene rings is 3. The first-order valence-electron chi connectivity index (χ1n) is 12.1. The normalized spacial score (nSPS) is 19.2. The van der Waals surface area contributed by atoms with Crippen molar-refractivity contribution in [2.75, 3.05) is 26.4 Å². The predicted octanol–water partition coefficient (Wildman–Crippen LogP) is 5.13. The predicted molar refractivity (Wildman–Crippen MR) is 133 cm³/mol. The lowest BCUT2D eigenvalue weighted by Crippen LogP contribution is -2.35. The number of halogens is 1. The van der Waals surface area contributed by atoms with Gasteiger partial charge >= 0.3 is 0 Å². The highest BCUT2D eigenvalue weighted by molar-refractivity contribution is 5.73. The molecule has 182 valence electrons. The maximum absolute atomic E-state index is 13.4. The van der Waals surface area contributed by atoms with Gasteiger partial charge in [-0.15, -0.1) is 0 Å². The number of hydrogen-bond acceptors (Lipinski definition) is 4. The first-order valence-corrected chi connectivity index (χ1v) is 12.1. The highest BCUT2D eigenvalue weighted by Gasteiger charge is 2.35. The molecular formula is C29H31FN2O3. The van der Waals surface area contributed by atoms with Crippen LogP contribution < -0.4 is 9.47 Å². The van der Waals surface area contributed by atoms with Crippen LogP contribution in [0.15, 0.2) is 66.7 Å². The van der Waals surface area contributed by atoms with Crippen molar-refractivity contribution < 1.29 is 18.7 Å². The molecular weight excluding hydrogens is 443 g/mol. The Kier molecular flexibility index (Phi) is 6.73. The number of likely N-dealkylation sites (tertiary alicyclic amines) is 1. The zero-order valence-electron chi connectivity index (χ0n) is 20.2. The molecule has 2 heterocycles. The summed E-state index contributed by atoms with van der Waals surface area (Å²) in [6.07, 6.45) is 0. The number of carbonyl (C=O) groups excluding carboxylic acids is 1. The lowest BCUT2D eigenvalue weighted by molar-refractivity contribution is -0.130. The molecule has 1 amide bonds. The molecule has 6 heteroatoms. The van der Waals surface area contributed by atoms with Crippen LogP contribution >= 0.6 is 0 Å². The van der Waals surface area contributed by atoms with Gasteiger partial charge in [-0.2, -0.15) is 0 Å². The van der Waals surface area contributed by atoms with Crippen LogP contribution in [0.25, 0.3) is 0 Å². The molecule has 3 aromatic carbocycles. The van der Waals surface area contributed by atoms with Crippen LogP contribution in [-0.2, 0) is 17.9 Å². The van der Waals surface area contributed by atoms with Gasteiger partial charge in [-0.25, -0.2) is 4.39 Å². The van der Waals surface area contributed by atoms with Gasteiger partial charge in [-0.1, -0.05) is 48.0 Å². The van der Waals surface area contributed by atoms with Gasteiger partial charge < -0.3 is 14.4 Å². The second-order valence-corrected chi connectivity index (χ2v) is 9.68. The molecule has 35 heavy (non-hydrogen) atoms. The minimum absolute atomic E-state index is 0.0335.